The van der Waals surface area contributed by atoms with Gasteiger partial charge in [0.15, 0.2) is 0 Å². The van der Waals surface area contributed by atoms with Crippen molar-refractivity contribution >= 4 is 0 Å². The Labute approximate surface area is 83.7 Å². The number of nitrogens with zero attached hydrogens (tertiary/aromatic N) is 1. The Morgan fingerprint density at radius 1 is 1.57 bits per heavy atom. The summed E-state index contributed by atoms with van der Waals surface area (Å²) in [5.74, 6) is 0.230. The third-order valence-electron chi connectivity index (χ3n) is 2.69. The highest BCUT2D eigenvalue weighted by atomic mass is 16.5. The molecule has 1 aromatic rings. The second-order valence-electron chi connectivity index (χ2n) is 3.66. The molecule has 0 aliphatic carbocycles. The molecule has 1 saturated heterocycles. The summed E-state index contributed by atoms with van der Waals surface area (Å²) in [5.41, 5.74) is 1.08. The molecule has 0 saturated carbocycles. The van der Waals surface area contributed by atoms with E-state index in [2.05, 4.69) is 4.98 Å². The minimum absolute atomic E-state index is 0.0300. The van der Waals surface area contributed by atoms with E-state index in [9.17, 15) is 5.11 Å². The maximum Gasteiger partial charge on any atom is 0.0889 e. The molecule has 1 aromatic heterocycles. The second-order valence-corrected chi connectivity index (χ2v) is 3.66. The molecule has 2 rings (SSSR count). The summed E-state index contributed by atoms with van der Waals surface area (Å²) < 4.78 is 5.67. The summed E-state index contributed by atoms with van der Waals surface area (Å²) >= 11 is 0. The van der Waals surface area contributed by atoms with Crippen LogP contribution in [0.15, 0.2) is 24.5 Å². The molecule has 1 fully saturated rings. The summed E-state index contributed by atoms with van der Waals surface area (Å²) in [6, 6.07) is 3.91. The fourth-order valence-electron chi connectivity index (χ4n) is 1.94. The van der Waals surface area contributed by atoms with E-state index in [1.54, 1.807) is 6.20 Å². The van der Waals surface area contributed by atoms with Gasteiger partial charge in [0.05, 0.1) is 6.10 Å². The van der Waals surface area contributed by atoms with E-state index in [0.717, 1.165) is 25.0 Å². The van der Waals surface area contributed by atoms with Crippen molar-refractivity contribution in [3.8, 4) is 0 Å². The molecule has 2 atom stereocenters. The van der Waals surface area contributed by atoms with Gasteiger partial charge in [-0.25, -0.2) is 0 Å². The smallest absolute Gasteiger partial charge is 0.0889 e. The molecule has 0 spiro atoms. The Hall–Kier alpha value is -0.930. The van der Waals surface area contributed by atoms with Crippen LogP contribution in [0.5, 0.6) is 0 Å². The van der Waals surface area contributed by atoms with Crippen molar-refractivity contribution in [1.82, 2.24) is 4.98 Å². The lowest BCUT2D eigenvalue weighted by atomic mass is 9.91. The fraction of sp³-hybridized carbons (Fsp3) is 0.545. The van der Waals surface area contributed by atoms with Crippen LogP contribution in [0.4, 0.5) is 0 Å². The van der Waals surface area contributed by atoms with Crippen LogP contribution in [-0.2, 0) is 4.74 Å². The monoisotopic (exact) mass is 193 g/mol. The van der Waals surface area contributed by atoms with E-state index in [1.165, 1.54) is 0 Å². The topological polar surface area (TPSA) is 42.4 Å². The molecule has 0 radical (unpaired) electrons. The van der Waals surface area contributed by atoms with Crippen LogP contribution in [0.1, 0.15) is 24.5 Å². The maximum atomic E-state index is 9.22. The Morgan fingerprint density at radius 2 is 2.50 bits per heavy atom. The zero-order valence-corrected chi connectivity index (χ0v) is 8.10. The van der Waals surface area contributed by atoms with Gasteiger partial charge in [0.25, 0.3) is 0 Å². The number of rotatable bonds is 2. The third-order valence-corrected chi connectivity index (χ3v) is 2.69. The van der Waals surface area contributed by atoms with Crippen molar-refractivity contribution in [3.05, 3.63) is 30.1 Å². The van der Waals surface area contributed by atoms with Gasteiger partial charge in [-0.2, -0.15) is 0 Å². The van der Waals surface area contributed by atoms with Crippen LogP contribution in [-0.4, -0.2) is 23.3 Å². The predicted octanol–water partition coefficient (Wildman–Crippen LogP) is 1.54. The molecule has 76 valence electrons. The molecular weight excluding hydrogens is 178 g/mol. The van der Waals surface area contributed by atoms with Crippen LogP contribution in [0.3, 0.4) is 0 Å². The Balaban J connectivity index is 2.15. The van der Waals surface area contributed by atoms with Gasteiger partial charge in [-0.3, -0.25) is 4.98 Å². The standard InChI is InChI=1S/C11H15NO2/c13-8-10-4-2-6-14-11(10)9-3-1-5-12-7-9/h1,3,5,7,10-11,13H,2,4,6,8H2. The Morgan fingerprint density at radius 3 is 3.21 bits per heavy atom. The molecular formula is C11H15NO2. The Kier molecular flexibility index (Phi) is 3.11. The maximum absolute atomic E-state index is 9.22. The van der Waals surface area contributed by atoms with E-state index in [0.29, 0.717) is 0 Å². The summed E-state index contributed by atoms with van der Waals surface area (Å²) in [5, 5.41) is 9.22. The molecule has 14 heavy (non-hydrogen) atoms. The average Bonchev–Trinajstić information content (AvgIpc) is 2.30. The molecule has 0 amide bonds. The van der Waals surface area contributed by atoms with Crippen LogP contribution in [0.2, 0.25) is 0 Å². The van der Waals surface area contributed by atoms with Gasteiger partial charge in [0.1, 0.15) is 0 Å². The van der Waals surface area contributed by atoms with E-state index in [1.807, 2.05) is 18.3 Å². The van der Waals surface area contributed by atoms with Gasteiger partial charge in [0, 0.05) is 31.5 Å². The summed E-state index contributed by atoms with van der Waals surface area (Å²) in [6.45, 7) is 0.982. The number of aliphatic hydroxyl groups excluding tert-OH is 1. The largest absolute Gasteiger partial charge is 0.396 e. The Bertz CT molecular complexity index is 276. The zero-order valence-electron chi connectivity index (χ0n) is 8.10. The molecule has 3 heteroatoms. The molecule has 1 aliphatic rings. The van der Waals surface area contributed by atoms with Crippen molar-refractivity contribution in [1.29, 1.82) is 0 Å². The number of aliphatic hydroxyl groups is 1. The number of ether oxygens (including phenoxy) is 1. The highest BCUT2D eigenvalue weighted by Crippen LogP contribution is 2.32. The zero-order chi connectivity index (χ0) is 9.80. The first-order chi connectivity index (χ1) is 6.92. The van der Waals surface area contributed by atoms with Crippen molar-refractivity contribution in [2.24, 2.45) is 5.92 Å². The molecule has 3 nitrogen and oxygen atoms in total. The molecule has 0 aromatic carbocycles. The molecule has 1 aliphatic heterocycles. The average molecular weight is 193 g/mol. The number of hydrogen-bond acceptors (Lipinski definition) is 3. The summed E-state index contributed by atoms with van der Waals surface area (Å²) in [7, 11) is 0. The van der Waals surface area contributed by atoms with Crippen molar-refractivity contribution in [3.63, 3.8) is 0 Å². The molecule has 1 N–H and O–H groups in total. The third kappa shape index (κ3) is 1.94. The van der Waals surface area contributed by atoms with E-state index in [4.69, 9.17) is 4.74 Å². The fourth-order valence-corrected chi connectivity index (χ4v) is 1.94. The van der Waals surface area contributed by atoms with Crippen molar-refractivity contribution in [2.75, 3.05) is 13.2 Å². The number of aromatic nitrogens is 1. The first kappa shape index (κ1) is 9.62. The molecule has 2 heterocycles. The normalized spacial score (nSPS) is 27.5. The lowest BCUT2D eigenvalue weighted by molar-refractivity contribution is -0.0458. The molecule has 2 unspecified atom stereocenters. The quantitative estimate of drug-likeness (QED) is 0.774. The number of hydrogen-bond donors (Lipinski definition) is 1. The van der Waals surface area contributed by atoms with Crippen molar-refractivity contribution in [2.45, 2.75) is 18.9 Å². The van der Waals surface area contributed by atoms with Gasteiger partial charge in [-0.1, -0.05) is 6.07 Å². The number of pyridine rings is 1. The minimum Gasteiger partial charge on any atom is -0.396 e. The second kappa shape index (κ2) is 4.53. The lowest BCUT2D eigenvalue weighted by Gasteiger charge is -2.30. The first-order valence-electron chi connectivity index (χ1n) is 5.04. The lowest BCUT2D eigenvalue weighted by Crippen LogP contribution is -2.25. The van der Waals surface area contributed by atoms with E-state index >= 15 is 0 Å². The van der Waals surface area contributed by atoms with Gasteiger partial charge >= 0.3 is 0 Å². The molecule has 0 bridgehead atoms. The van der Waals surface area contributed by atoms with Gasteiger partial charge in [-0.05, 0) is 24.5 Å². The highest BCUT2D eigenvalue weighted by molar-refractivity contribution is 5.13. The van der Waals surface area contributed by atoms with Crippen molar-refractivity contribution < 1.29 is 9.84 Å². The first-order valence-corrected chi connectivity index (χ1v) is 5.04. The highest BCUT2D eigenvalue weighted by Gasteiger charge is 2.26. The van der Waals surface area contributed by atoms with Crippen LogP contribution in [0, 0.1) is 5.92 Å². The van der Waals surface area contributed by atoms with Gasteiger partial charge in [0.2, 0.25) is 0 Å². The van der Waals surface area contributed by atoms with E-state index < -0.39 is 0 Å². The summed E-state index contributed by atoms with van der Waals surface area (Å²) in [4.78, 5) is 4.07. The van der Waals surface area contributed by atoms with E-state index in [-0.39, 0.29) is 18.6 Å². The van der Waals surface area contributed by atoms with Crippen LogP contribution >= 0.6 is 0 Å². The van der Waals surface area contributed by atoms with Crippen LogP contribution < -0.4 is 0 Å². The predicted molar refractivity (Wildman–Crippen MR) is 52.7 cm³/mol. The SMILES string of the molecule is OCC1CCCOC1c1cccnc1. The summed E-state index contributed by atoms with van der Waals surface area (Å²) in [6.07, 6.45) is 5.68. The van der Waals surface area contributed by atoms with Gasteiger partial charge in [-0.15, -0.1) is 0 Å². The minimum atomic E-state index is 0.0300. The van der Waals surface area contributed by atoms with Gasteiger partial charge < -0.3 is 9.84 Å². The van der Waals surface area contributed by atoms with Crippen LogP contribution in [0.25, 0.3) is 0 Å².